The van der Waals surface area contributed by atoms with Crippen LogP contribution in [0.15, 0.2) is 0 Å². The molecule has 2 saturated carbocycles. The third-order valence-electron chi connectivity index (χ3n) is 4.88. The lowest BCUT2D eigenvalue weighted by molar-refractivity contribution is -0.163. The first kappa shape index (κ1) is 18.5. The average molecular weight is 360 g/mol. The van der Waals surface area contributed by atoms with Crippen LogP contribution < -0.4 is 0 Å². The van der Waals surface area contributed by atoms with E-state index < -0.39 is 47.3 Å². The Morgan fingerprint density at radius 1 is 1.13 bits per heavy atom. The van der Waals surface area contributed by atoms with Crippen molar-refractivity contribution >= 4 is 16.7 Å². The summed E-state index contributed by atoms with van der Waals surface area (Å²) < 4.78 is 77.1. The molecule has 0 spiro atoms. The highest BCUT2D eigenvalue weighted by Crippen LogP contribution is 2.49. The molecular formula is C14H20F4O4S. The number of halogens is 4. The zero-order chi connectivity index (χ0) is 17.3. The van der Waals surface area contributed by atoms with Crippen LogP contribution in [0.2, 0.25) is 0 Å². The highest BCUT2D eigenvalue weighted by atomic mass is 32.2. The number of hydrogen-bond donors (Lipinski definition) is 1. The first-order valence-corrected chi connectivity index (χ1v) is 8.87. The molecule has 4 nitrogen and oxygen atoms in total. The van der Waals surface area contributed by atoms with Gasteiger partial charge in [0.05, 0.1) is 6.61 Å². The van der Waals surface area contributed by atoms with Gasteiger partial charge in [0.25, 0.3) is 0 Å². The largest absolute Gasteiger partial charge is 0.466 e. The molecule has 0 amide bonds. The molecule has 0 saturated heterocycles. The van der Waals surface area contributed by atoms with E-state index in [4.69, 9.17) is 4.74 Å². The van der Waals surface area contributed by atoms with Crippen LogP contribution in [0.3, 0.4) is 0 Å². The van der Waals surface area contributed by atoms with Crippen molar-refractivity contribution in [1.29, 1.82) is 0 Å². The Morgan fingerprint density at radius 2 is 1.83 bits per heavy atom. The Bertz CT molecular complexity index is 513. The van der Waals surface area contributed by atoms with Gasteiger partial charge in [-0.05, 0) is 43.4 Å². The fourth-order valence-corrected chi connectivity index (χ4v) is 4.04. The molecule has 0 aromatic heterocycles. The minimum absolute atomic E-state index is 0.236. The Kier molecular flexibility index (Phi) is 5.58. The number of fused-ring (bicyclic) bond motifs is 2. The van der Waals surface area contributed by atoms with Crippen molar-refractivity contribution in [3.05, 3.63) is 0 Å². The van der Waals surface area contributed by atoms with Gasteiger partial charge in [-0.2, -0.15) is 17.6 Å². The Labute approximate surface area is 133 Å². The Morgan fingerprint density at radius 3 is 2.35 bits per heavy atom. The van der Waals surface area contributed by atoms with E-state index in [9.17, 15) is 30.8 Å². The van der Waals surface area contributed by atoms with Crippen LogP contribution in [0.1, 0.15) is 44.9 Å². The van der Waals surface area contributed by atoms with Crippen molar-refractivity contribution in [2.75, 3.05) is 6.61 Å². The van der Waals surface area contributed by atoms with Crippen molar-refractivity contribution in [2.24, 2.45) is 17.8 Å². The van der Waals surface area contributed by atoms with Gasteiger partial charge in [0.2, 0.25) is 10.7 Å². The van der Waals surface area contributed by atoms with E-state index in [-0.39, 0.29) is 12.3 Å². The zero-order valence-corrected chi connectivity index (χ0v) is 13.4. The first-order chi connectivity index (χ1) is 10.6. The van der Waals surface area contributed by atoms with Crippen LogP contribution in [-0.4, -0.2) is 32.2 Å². The molecule has 0 radical (unpaired) electrons. The molecule has 0 N–H and O–H groups in total. The van der Waals surface area contributed by atoms with E-state index in [1.165, 1.54) is 6.42 Å². The average Bonchev–Trinajstić information content (AvgIpc) is 3.05. The van der Waals surface area contributed by atoms with Crippen LogP contribution in [0.5, 0.6) is 0 Å². The van der Waals surface area contributed by atoms with Crippen LogP contribution in [0.25, 0.3) is 0 Å². The quantitative estimate of drug-likeness (QED) is 0.313. The lowest BCUT2D eigenvalue weighted by Crippen LogP contribution is -2.41. The highest BCUT2D eigenvalue weighted by molar-refractivity contribution is 7.73. The van der Waals surface area contributed by atoms with Gasteiger partial charge in [0, 0.05) is 12.8 Å². The normalized spacial score (nSPS) is 27.6. The maximum absolute atomic E-state index is 13.1. The number of alkyl halides is 4. The van der Waals surface area contributed by atoms with Gasteiger partial charge < -0.3 is 4.74 Å². The predicted octanol–water partition coefficient (Wildman–Crippen LogP) is 2.98. The van der Waals surface area contributed by atoms with Crippen molar-refractivity contribution in [3.63, 3.8) is 0 Å². The molecule has 0 heterocycles. The number of hydrogen-bond acceptors (Lipinski definition) is 4. The fourth-order valence-electron chi connectivity index (χ4n) is 3.66. The van der Waals surface area contributed by atoms with Crippen LogP contribution >= 0.6 is 0 Å². The minimum Gasteiger partial charge on any atom is -0.466 e. The SMILES string of the molecule is O=C(CC1CC2CCC1C2)OCCCC(F)(F)C(F)(F)[SH](=O)=O. The lowest BCUT2D eigenvalue weighted by atomic mass is 9.86. The second-order valence-corrected chi connectivity index (χ2v) is 7.54. The molecule has 2 aliphatic rings. The first-order valence-electron chi connectivity index (χ1n) is 7.69. The molecule has 0 aromatic rings. The summed E-state index contributed by atoms with van der Waals surface area (Å²) in [5.74, 6) is -3.69. The lowest BCUT2D eigenvalue weighted by Gasteiger charge is -2.22. The second-order valence-electron chi connectivity index (χ2n) is 6.47. The molecule has 3 atom stereocenters. The maximum Gasteiger partial charge on any atom is 0.404 e. The molecule has 9 heteroatoms. The molecule has 0 aliphatic heterocycles. The van der Waals surface area contributed by atoms with Gasteiger partial charge in [-0.3, -0.25) is 4.79 Å². The predicted molar refractivity (Wildman–Crippen MR) is 74.0 cm³/mol. The van der Waals surface area contributed by atoms with Crippen LogP contribution in [-0.2, 0) is 20.2 Å². The van der Waals surface area contributed by atoms with Crippen molar-refractivity contribution in [2.45, 2.75) is 56.1 Å². The van der Waals surface area contributed by atoms with E-state index in [2.05, 4.69) is 0 Å². The van der Waals surface area contributed by atoms with Crippen molar-refractivity contribution in [1.82, 2.24) is 0 Å². The summed E-state index contributed by atoms with van der Waals surface area (Å²) in [6, 6.07) is 0. The number of thiol groups is 1. The van der Waals surface area contributed by atoms with Crippen LogP contribution in [0, 0.1) is 17.8 Å². The van der Waals surface area contributed by atoms with Crippen molar-refractivity contribution in [3.8, 4) is 0 Å². The summed E-state index contributed by atoms with van der Waals surface area (Å²) >= 11 is 0. The Balaban J connectivity index is 1.68. The van der Waals surface area contributed by atoms with Gasteiger partial charge in [-0.1, -0.05) is 6.42 Å². The number of carbonyl (C=O) groups is 1. The number of rotatable bonds is 8. The summed E-state index contributed by atoms with van der Waals surface area (Å²) in [6.45, 7) is -0.416. The molecule has 2 bridgehead atoms. The Hall–Kier alpha value is -0.860. The summed E-state index contributed by atoms with van der Waals surface area (Å²) in [6.07, 6.45) is 2.78. The topological polar surface area (TPSA) is 60.4 Å². The van der Waals surface area contributed by atoms with Crippen LogP contribution in [0.4, 0.5) is 17.6 Å². The number of esters is 1. The highest BCUT2D eigenvalue weighted by Gasteiger charge is 2.58. The van der Waals surface area contributed by atoms with Gasteiger partial charge >= 0.3 is 17.1 Å². The number of ether oxygens (including phenoxy) is 1. The number of carbonyl (C=O) groups excluding carboxylic acids is 1. The molecular weight excluding hydrogens is 340 g/mol. The molecule has 23 heavy (non-hydrogen) atoms. The monoisotopic (exact) mass is 360 g/mol. The molecule has 3 unspecified atom stereocenters. The third kappa shape index (κ3) is 4.16. The molecule has 2 rings (SSSR count). The second kappa shape index (κ2) is 6.94. The van der Waals surface area contributed by atoms with Gasteiger partial charge in [0.15, 0.2) is 0 Å². The third-order valence-corrected chi connectivity index (χ3v) is 5.67. The zero-order valence-electron chi connectivity index (χ0n) is 12.5. The van der Waals surface area contributed by atoms with Gasteiger partial charge in [-0.15, -0.1) is 0 Å². The summed E-state index contributed by atoms with van der Waals surface area (Å²) in [5, 5.41) is -5.09. The standard InChI is InChI=1S/C14H20F4O4S/c15-13(16,14(17,18)23(20)21)4-1-5-22-12(19)8-11-7-9-2-3-10(11)6-9/h9-11,23H,1-8H2. The van der Waals surface area contributed by atoms with E-state index in [0.29, 0.717) is 11.8 Å². The summed E-state index contributed by atoms with van der Waals surface area (Å²) in [4.78, 5) is 11.7. The summed E-state index contributed by atoms with van der Waals surface area (Å²) in [5.41, 5.74) is 0. The smallest absolute Gasteiger partial charge is 0.404 e. The van der Waals surface area contributed by atoms with E-state index in [0.717, 1.165) is 19.3 Å². The molecule has 134 valence electrons. The fraction of sp³-hybridized carbons (Fsp3) is 0.929. The van der Waals surface area contributed by atoms with Crippen molar-refractivity contribution < 1.29 is 35.5 Å². The maximum atomic E-state index is 13.1. The summed E-state index contributed by atoms with van der Waals surface area (Å²) in [7, 11) is -4.57. The van der Waals surface area contributed by atoms with E-state index in [1.807, 2.05) is 0 Å². The van der Waals surface area contributed by atoms with Gasteiger partial charge in [-0.25, -0.2) is 8.42 Å². The minimum atomic E-state index is -5.09. The van der Waals surface area contributed by atoms with E-state index >= 15 is 0 Å². The molecule has 2 aliphatic carbocycles. The van der Waals surface area contributed by atoms with E-state index in [1.54, 1.807) is 0 Å². The van der Waals surface area contributed by atoms with Gasteiger partial charge in [0.1, 0.15) is 0 Å². The molecule has 0 aromatic carbocycles. The molecule has 2 fully saturated rings.